The Labute approximate surface area is 113 Å². The summed E-state index contributed by atoms with van der Waals surface area (Å²) in [4.78, 5) is 0. The van der Waals surface area contributed by atoms with Crippen LogP contribution in [0.15, 0.2) is 10.7 Å². The van der Waals surface area contributed by atoms with Crippen molar-refractivity contribution in [3.8, 4) is 0 Å². The van der Waals surface area contributed by atoms with Gasteiger partial charge in [-0.05, 0) is 41.2 Å². The Morgan fingerprint density at radius 3 is 2.53 bits per heavy atom. The fourth-order valence-corrected chi connectivity index (χ4v) is 2.54. The molecule has 1 heterocycles. The number of aryl methyl sites for hydroxylation is 1. The molecular weight excluding hydrogens is 278 g/mol. The molecule has 0 amide bonds. The number of aromatic nitrogens is 2. The molecule has 0 spiro atoms. The van der Waals surface area contributed by atoms with Gasteiger partial charge in [-0.15, -0.1) is 0 Å². The lowest BCUT2D eigenvalue weighted by atomic mass is 9.84. The van der Waals surface area contributed by atoms with Gasteiger partial charge in [-0.1, -0.05) is 27.7 Å². The predicted octanol–water partition coefficient (Wildman–Crippen LogP) is 3.75. The molecule has 1 aromatic heterocycles. The van der Waals surface area contributed by atoms with Gasteiger partial charge in [0.2, 0.25) is 0 Å². The maximum atomic E-state index is 4.41. The Morgan fingerprint density at radius 2 is 2.06 bits per heavy atom. The minimum absolute atomic E-state index is 0.171. The first-order chi connectivity index (χ1) is 7.91. The second-order valence-corrected chi connectivity index (χ2v) is 6.30. The summed E-state index contributed by atoms with van der Waals surface area (Å²) in [6, 6.07) is 0.319. The van der Waals surface area contributed by atoms with Gasteiger partial charge in [0.25, 0.3) is 0 Å². The maximum absolute atomic E-state index is 4.41. The third kappa shape index (κ3) is 3.55. The molecule has 0 saturated heterocycles. The van der Waals surface area contributed by atoms with Gasteiger partial charge in [-0.25, -0.2) is 0 Å². The van der Waals surface area contributed by atoms with E-state index < -0.39 is 0 Å². The van der Waals surface area contributed by atoms with Gasteiger partial charge in [-0.2, -0.15) is 5.10 Å². The molecule has 4 heteroatoms. The number of rotatable bonds is 5. The molecule has 3 nitrogen and oxygen atoms in total. The van der Waals surface area contributed by atoms with Crippen molar-refractivity contribution < 1.29 is 0 Å². The molecule has 0 fully saturated rings. The summed E-state index contributed by atoms with van der Waals surface area (Å²) in [7, 11) is 0. The molecule has 1 unspecified atom stereocenters. The summed E-state index contributed by atoms with van der Waals surface area (Å²) >= 11 is 3.62. The second-order valence-electron chi connectivity index (χ2n) is 5.45. The van der Waals surface area contributed by atoms with Crippen LogP contribution in [0.5, 0.6) is 0 Å². The lowest BCUT2D eigenvalue weighted by Crippen LogP contribution is -2.34. The van der Waals surface area contributed by atoms with Crippen LogP contribution in [0.1, 0.15) is 52.8 Å². The molecule has 1 aromatic rings. The average molecular weight is 302 g/mol. The monoisotopic (exact) mass is 301 g/mol. The smallest absolute Gasteiger partial charge is 0.0700 e. The highest BCUT2D eigenvalue weighted by Gasteiger charge is 2.30. The quantitative estimate of drug-likeness (QED) is 0.897. The highest BCUT2D eigenvalue weighted by molar-refractivity contribution is 9.10. The van der Waals surface area contributed by atoms with E-state index in [9.17, 15) is 0 Å². The fourth-order valence-electron chi connectivity index (χ4n) is 2.01. The zero-order valence-corrected chi connectivity index (χ0v) is 13.1. The first kappa shape index (κ1) is 14.7. The molecule has 0 aromatic carbocycles. The van der Waals surface area contributed by atoms with E-state index in [0.29, 0.717) is 6.04 Å². The van der Waals surface area contributed by atoms with Crippen LogP contribution in [0.3, 0.4) is 0 Å². The number of nitrogens with one attached hydrogen (secondary N) is 1. The summed E-state index contributed by atoms with van der Waals surface area (Å²) < 4.78 is 3.17. The number of halogens is 1. The number of nitrogens with zero attached hydrogens (tertiary/aromatic N) is 2. The molecule has 0 aliphatic carbocycles. The van der Waals surface area contributed by atoms with Crippen molar-refractivity contribution >= 4 is 15.9 Å². The van der Waals surface area contributed by atoms with Crippen molar-refractivity contribution in [3.05, 3.63) is 16.4 Å². The van der Waals surface area contributed by atoms with Gasteiger partial charge in [0, 0.05) is 6.54 Å². The Balaban J connectivity index is 3.07. The number of hydrogen-bond acceptors (Lipinski definition) is 2. The molecule has 1 N–H and O–H groups in total. The van der Waals surface area contributed by atoms with Crippen molar-refractivity contribution in [3.63, 3.8) is 0 Å². The average Bonchev–Trinajstić information content (AvgIpc) is 2.59. The zero-order chi connectivity index (χ0) is 13.1. The first-order valence-corrected chi connectivity index (χ1v) is 7.15. The lowest BCUT2D eigenvalue weighted by molar-refractivity contribution is 0.258. The maximum Gasteiger partial charge on any atom is 0.0700 e. The van der Waals surface area contributed by atoms with E-state index in [1.807, 2.05) is 6.20 Å². The largest absolute Gasteiger partial charge is 0.308 e. The van der Waals surface area contributed by atoms with E-state index in [4.69, 9.17) is 0 Å². The van der Waals surface area contributed by atoms with Crippen LogP contribution in [0.4, 0.5) is 0 Å². The minimum atomic E-state index is 0.171. The van der Waals surface area contributed by atoms with Crippen molar-refractivity contribution in [1.82, 2.24) is 15.1 Å². The van der Waals surface area contributed by atoms with Crippen LogP contribution in [0.25, 0.3) is 0 Å². The van der Waals surface area contributed by atoms with Crippen molar-refractivity contribution in [2.24, 2.45) is 5.41 Å². The van der Waals surface area contributed by atoms with E-state index in [0.717, 1.165) is 24.0 Å². The van der Waals surface area contributed by atoms with Crippen molar-refractivity contribution in [2.75, 3.05) is 6.54 Å². The highest BCUT2D eigenvalue weighted by atomic mass is 79.9. The second kappa shape index (κ2) is 6.01. The minimum Gasteiger partial charge on any atom is -0.308 e. The third-order valence-corrected chi connectivity index (χ3v) is 3.48. The van der Waals surface area contributed by atoms with Gasteiger partial charge in [0.1, 0.15) is 0 Å². The standard InChI is InChI=1S/C13H24BrN3/c1-6-8-15-12(13(3,4)5)11-10(14)9-16-17(11)7-2/h9,12,15H,6-8H2,1-5H3. The Hall–Kier alpha value is -0.350. The zero-order valence-electron chi connectivity index (χ0n) is 11.5. The topological polar surface area (TPSA) is 29.9 Å². The van der Waals surface area contributed by atoms with E-state index >= 15 is 0 Å². The molecule has 17 heavy (non-hydrogen) atoms. The van der Waals surface area contributed by atoms with E-state index in [1.165, 1.54) is 5.69 Å². The van der Waals surface area contributed by atoms with E-state index in [2.05, 4.69) is 65.6 Å². The molecular formula is C13H24BrN3. The molecule has 0 saturated carbocycles. The summed E-state index contributed by atoms with van der Waals surface area (Å²) in [5, 5.41) is 8.04. The van der Waals surface area contributed by atoms with Crippen LogP contribution in [-0.4, -0.2) is 16.3 Å². The van der Waals surface area contributed by atoms with Gasteiger partial charge in [-0.3, -0.25) is 4.68 Å². The fraction of sp³-hybridized carbons (Fsp3) is 0.769. The van der Waals surface area contributed by atoms with Crippen LogP contribution in [0, 0.1) is 5.41 Å². The van der Waals surface area contributed by atoms with Crippen molar-refractivity contribution in [2.45, 2.75) is 53.6 Å². The Bertz CT molecular complexity index is 352. The molecule has 0 aliphatic rings. The highest BCUT2D eigenvalue weighted by Crippen LogP contribution is 2.36. The molecule has 1 atom stereocenters. The first-order valence-electron chi connectivity index (χ1n) is 6.36. The molecule has 0 radical (unpaired) electrons. The summed E-state index contributed by atoms with van der Waals surface area (Å²) in [6.07, 6.45) is 3.04. The van der Waals surface area contributed by atoms with E-state index in [-0.39, 0.29) is 5.41 Å². The molecule has 0 aliphatic heterocycles. The molecule has 98 valence electrons. The van der Waals surface area contributed by atoms with Gasteiger partial charge < -0.3 is 5.32 Å². The lowest BCUT2D eigenvalue weighted by Gasteiger charge is -2.32. The normalized spacial score (nSPS) is 14.0. The SMILES string of the molecule is CCCNC(c1c(Br)cnn1CC)C(C)(C)C. The Morgan fingerprint density at radius 1 is 1.41 bits per heavy atom. The summed E-state index contributed by atoms with van der Waals surface area (Å²) in [6.45, 7) is 13.0. The molecule has 0 bridgehead atoms. The molecule has 1 rings (SSSR count). The van der Waals surface area contributed by atoms with Crippen LogP contribution >= 0.6 is 15.9 Å². The van der Waals surface area contributed by atoms with Gasteiger partial charge >= 0.3 is 0 Å². The summed E-state index contributed by atoms with van der Waals surface area (Å²) in [5.74, 6) is 0. The predicted molar refractivity (Wildman–Crippen MR) is 76.1 cm³/mol. The van der Waals surface area contributed by atoms with Gasteiger partial charge in [0.15, 0.2) is 0 Å². The van der Waals surface area contributed by atoms with Crippen LogP contribution in [0.2, 0.25) is 0 Å². The van der Waals surface area contributed by atoms with Crippen LogP contribution in [-0.2, 0) is 6.54 Å². The summed E-state index contributed by atoms with van der Waals surface area (Å²) in [5.41, 5.74) is 1.43. The van der Waals surface area contributed by atoms with Crippen molar-refractivity contribution in [1.29, 1.82) is 0 Å². The Kier molecular flexibility index (Phi) is 5.20. The van der Waals surface area contributed by atoms with Gasteiger partial charge in [0.05, 0.1) is 22.4 Å². The number of hydrogen-bond donors (Lipinski definition) is 1. The van der Waals surface area contributed by atoms with Crippen LogP contribution < -0.4 is 5.32 Å². The third-order valence-electron chi connectivity index (χ3n) is 2.87. The van der Waals surface area contributed by atoms with E-state index in [1.54, 1.807) is 0 Å².